The van der Waals surface area contributed by atoms with E-state index in [4.69, 9.17) is 0 Å². The second kappa shape index (κ2) is 6.82. The highest BCUT2D eigenvalue weighted by molar-refractivity contribution is 5.96. The molecule has 158 valence electrons. The first-order valence-electron chi connectivity index (χ1n) is 11.6. The van der Waals surface area contributed by atoms with Crippen molar-refractivity contribution < 1.29 is 9.59 Å². The van der Waals surface area contributed by atoms with Crippen LogP contribution in [0.5, 0.6) is 0 Å². The summed E-state index contributed by atoms with van der Waals surface area (Å²) in [5.74, 6) is 3.71. The highest BCUT2D eigenvalue weighted by Gasteiger charge is 2.54. The van der Waals surface area contributed by atoms with Crippen molar-refractivity contribution in [2.45, 2.75) is 63.7 Å². The molecule has 4 bridgehead atoms. The van der Waals surface area contributed by atoms with Gasteiger partial charge in [-0.3, -0.25) is 9.59 Å². The van der Waals surface area contributed by atoms with E-state index in [1.165, 1.54) is 38.5 Å². The third-order valence-electron chi connectivity index (χ3n) is 8.21. The molecule has 6 heteroatoms. The maximum Gasteiger partial charge on any atom is 0.243 e. The standard InChI is InChI=1S/C24H30N4O2/c29-21(13-25-23(30)24-10-14-6-15(11-24)8-16(7-14)12-24)26-18-4-5-19-20(9-18)28-22(27-19)17-2-1-3-17/h4-5,9,14-17H,1-3,6-8,10-13H2,(H,25,30)(H,26,29)(H,27,28). The quantitative estimate of drug-likeness (QED) is 0.699. The van der Waals surface area contributed by atoms with Gasteiger partial charge in [0.25, 0.3) is 0 Å². The van der Waals surface area contributed by atoms with Crippen LogP contribution in [0.3, 0.4) is 0 Å². The monoisotopic (exact) mass is 406 g/mol. The molecule has 1 aromatic heterocycles. The van der Waals surface area contributed by atoms with Crippen molar-refractivity contribution >= 4 is 28.5 Å². The van der Waals surface area contributed by atoms with Crippen molar-refractivity contribution in [3.63, 3.8) is 0 Å². The van der Waals surface area contributed by atoms with E-state index in [0.717, 1.165) is 59.6 Å². The number of nitrogens with one attached hydrogen (secondary N) is 3. The Kier molecular flexibility index (Phi) is 4.19. The molecule has 5 aliphatic carbocycles. The fraction of sp³-hybridized carbons (Fsp3) is 0.625. The van der Waals surface area contributed by atoms with Crippen LogP contribution in [0.4, 0.5) is 5.69 Å². The van der Waals surface area contributed by atoms with Gasteiger partial charge in [-0.15, -0.1) is 0 Å². The van der Waals surface area contributed by atoms with Crippen LogP contribution in [0, 0.1) is 23.2 Å². The third-order valence-corrected chi connectivity index (χ3v) is 8.21. The number of imidazole rings is 1. The lowest BCUT2D eigenvalue weighted by molar-refractivity contribution is -0.146. The lowest BCUT2D eigenvalue weighted by Gasteiger charge is -2.55. The Balaban J connectivity index is 1.08. The number of H-pyrrole nitrogens is 1. The van der Waals surface area contributed by atoms with Crippen LogP contribution in [0.2, 0.25) is 0 Å². The first-order chi connectivity index (χ1) is 14.6. The molecular formula is C24H30N4O2. The highest BCUT2D eigenvalue weighted by Crippen LogP contribution is 2.60. The molecule has 7 rings (SSSR count). The molecule has 6 nitrogen and oxygen atoms in total. The molecule has 5 aliphatic rings. The number of amides is 2. The van der Waals surface area contributed by atoms with Crippen LogP contribution in [-0.2, 0) is 9.59 Å². The van der Waals surface area contributed by atoms with E-state index < -0.39 is 0 Å². The molecule has 2 aromatic rings. The molecule has 0 radical (unpaired) electrons. The summed E-state index contributed by atoms with van der Waals surface area (Å²) < 4.78 is 0. The molecule has 5 fully saturated rings. The predicted octanol–water partition coefficient (Wildman–Crippen LogP) is 4.10. The largest absolute Gasteiger partial charge is 0.347 e. The van der Waals surface area contributed by atoms with E-state index in [-0.39, 0.29) is 23.8 Å². The van der Waals surface area contributed by atoms with Crippen molar-refractivity contribution in [1.29, 1.82) is 0 Å². The van der Waals surface area contributed by atoms with Gasteiger partial charge >= 0.3 is 0 Å². The highest BCUT2D eigenvalue weighted by atomic mass is 16.2. The van der Waals surface area contributed by atoms with E-state index in [0.29, 0.717) is 5.92 Å². The second-order valence-corrected chi connectivity index (χ2v) is 10.4. The van der Waals surface area contributed by atoms with Gasteiger partial charge in [0.2, 0.25) is 11.8 Å². The van der Waals surface area contributed by atoms with Crippen molar-refractivity contribution in [1.82, 2.24) is 15.3 Å². The number of hydrogen-bond donors (Lipinski definition) is 3. The molecule has 0 atom stereocenters. The van der Waals surface area contributed by atoms with Gasteiger partial charge in [-0.2, -0.15) is 0 Å². The van der Waals surface area contributed by atoms with Crippen LogP contribution < -0.4 is 10.6 Å². The minimum absolute atomic E-state index is 0.0366. The fourth-order valence-corrected chi connectivity index (χ4v) is 6.92. The van der Waals surface area contributed by atoms with Gasteiger partial charge in [0.15, 0.2) is 0 Å². The van der Waals surface area contributed by atoms with E-state index in [2.05, 4.69) is 20.6 Å². The van der Waals surface area contributed by atoms with Gasteiger partial charge in [-0.05, 0) is 87.3 Å². The molecular weight excluding hydrogens is 376 g/mol. The molecule has 30 heavy (non-hydrogen) atoms. The molecule has 1 aromatic carbocycles. The van der Waals surface area contributed by atoms with Crippen LogP contribution in [0.15, 0.2) is 18.2 Å². The van der Waals surface area contributed by atoms with Gasteiger partial charge in [0.05, 0.1) is 17.6 Å². The Morgan fingerprint density at radius 1 is 1.07 bits per heavy atom. The molecule has 3 N–H and O–H groups in total. The second-order valence-electron chi connectivity index (χ2n) is 10.4. The zero-order valence-corrected chi connectivity index (χ0v) is 17.4. The Hall–Kier alpha value is -2.37. The van der Waals surface area contributed by atoms with Gasteiger partial charge in [-0.1, -0.05) is 6.42 Å². The smallest absolute Gasteiger partial charge is 0.243 e. The van der Waals surface area contributed by atoms with Crippen molar-refractivity contribution in [3.05, 3.63) is 24.0 Å². The van der Waals surface area contributed by atoms with E-state index >= 15 is 0 Å². The summed E-state index contributed by atoms with van der Waals surface area (Å²) in [4.78, 5) is 33.6. The number of anilines is 1. The summed E-state index contributed by atoms with van der Waals surface area (Å²) in [5, 5.41) is 5.89. The predicted molar refractivity (Wildman–Crippen MR) is 115 cm³/mol. The average Bonchev–Trinajstić information content (AvgIpc) is 3.06. The SMILES string of the molecule is O=C(CNC(=O)C12CC3CC(CC(C3)C1)C2)Nc1ccc2nc(C3CCC3)[nH]c2c1. The van der Waals surface area contributed by atoms with Gasteiger partial charge in [0.1, 0.15) is 5.82 Å². The zero-order chi connectivity index (χ0) is 20.3. The Bertz CT molecular complexity index is 971. The van der Waals surface area contributed by atoms with Crippen molar-refractivity contribution in [2.75, 3.05) is 11.9 Å². The summed E-state index contributed by atoms with van der Waals surface area (Å²) in [6.07, 6.45) is 10.7. The van der Waals surface area contributed by atoms with Crippen molar-refractivity contribution in [2.24, 2.45) is 23.2 Å². The van der Waals surface area contributed by atoms with Crippen molar-refractivity contribution in [3.8, 4) is 0 Å². The molecule has 0 aliphatic heterocycles. The molecule has 0 spiro atoms. The average molecular weight is 407 g/mol. The van der Waals surface area contributed by atoms with Crippen LogP contribution in [0.1, 0.15) is 69.5 Å². The Morgan fingerprint density at radius 2 is 1.77 bits per heavy atom. The maximum atomic E-state index is 13.0. The Labute approximate surface area is 176 Å². The van der Waals surface area contributed by atoms with Gasteiger partial charge < -0.3 is 15.6 Å². The van der Waals surface area contributed by atoms with Crippen LogP contribution >= 0.6 is 0 Å². The lowest BCUT2D eigenvalue weighted by atomic mass is 9.49. The summed E-state index contributed by atoms with van der Waals surface area (Å²) in [6.45, 7) is 0.0366. The maximum absolute atomic E-state index is 13.0. The fourth-order valence-electron chi connectivity index (χ4n) is 6.92. The molecule has 5 saturated carbocycles. The number of carbonyl (C=O) groups excluding carboxylic acids is 2. The summed E-state index contributed by atoms with van der Waals surface area (Å²) >= 11 is 0. The Morgan fingerprint density at radius 3 is 2.40 bits per heavy atom. The van der Waals surface area contributed by atoms with Gasteiger partial charge in [-0.25, -0.2) is 4.98 Å². The van der Waals surface area contributed by atoms with E-state index in [1.54, 1.807) is 0 Å². The third kappa shape index (κ3) is 3.12. The number of fused-ring (bicyclic) bond motifs is 1. The normalized spacial score (nSPS) is 32.2. The summed E-state index contributed by atoms with van der Waals surface area (Å²) in [5.41, 5.74) is 2.42. The molecule has 0 unspecified atom stereocenters. The summed E-state index contributed by atoms with van der Waals surface area (Å²) in [7, 11) is 0. The molecule has 2 amide bonds. The molecule has 0 saturated heterocycles. The number of rotatable bonds is 5. The number of aromatic nitrogens is 2. The first-order valence-corrected chi connectivity index (χ1v) is 11.6. The number of hydrogen-bond acceptors (Lipinski definition) is 3. The zero-order valence-electron chi connectivity index (χ0n) is 17.4. The number of carbonyl (C=O) groups is 2. The molecule has 1 heterocycles. The number of aromatic amines is 1. The topological polar surface area (TPSA) is 86.9 Å². The number of benzene rings is 1. The van der Waals surface area contributed by atoms with E-state index in [9.17, 15) is 9.59 Å². The number of nitrogens with zero attached hydrogens (tertiary/aromatic N) is 1. The first kappa shape index (κ1) is 18.4. The van der Waals surface area contributed by atoms with E-state index in [1.807, 2.05) is 18.2 Å². The minimum Gasteiger partial charge on any atom is -0.347 e. The minimum atomic E-state index is -0.207. The summed E-state index contributed by atoms with van der Waals surface area (Å²) in [6, 6.07) is 5.76. The van der Waals surface area contributed by atoms with Gasteiger partial charge in [0, 0.05) is 17.0 Å². The van der Waals surface area contributed by atoms with Crippen LogP contribution in [-0.4, -0.2) is 28.3 Å². The van der Waals surface area contributed by atoms with Crippen LogP contribution in [0.25, 0.3) is 11.0 Å². The lowest BCUT2D eigenvalue weighted by Crippen LogP contribution is -2.54.